The molecular formula is C25H25FN2O4. The Morgan fingerprint density at radius 3 is 2.81 bits per heavy atom. The standard InChI is InChI=1S/C25H25FN2O4/c1-4-25(31-3)17-8-20-22-15(10-28(20)23(29)16(17)11-32-24(25)30)14-7-5-6-13-12(2)18(26)9-19(27-22)21(13)14/h8-9,24,30H,4-7,10-11H2,1-3H3/t24?,25-/m0/s1. The van der Waals surface area contributed by atoms with Crippen LogP contribution in [-0.4, -0.2) is 28.1 Å². The molecule has 3 aromatic rings. The number of aromatic nitrogens is 2. The lowest BCUT2D eigenvalue weighted by Gasteiger charge is -2.40. The van der Waals surface area contributed by atoms with Crippen LogP contribution < -0.4 is 5.56 Å². The van der Waals surface area contributed by atoms with Crippen LogP contribution in [0.25, 0.3) is 22.3 Å². The van der Waals surface area contributed by atoms with E-state index in [0.29, 0.717) is 40.9 Å². The highest BCUT2D eigenvalue weighted by Crippen LogP contribution is 2.44. The van der Waals surface area contributed by atoms with Crippen molar-refractivity contribution in [2.24, 2.45) is 0 Å². The molecule has 2 atom stereocenters. The second kappa shape index (κ2) is 6.70. The summed E-state index contributed by atoms with van der Waals surface area (Å²) in [6.45, 7) is 4.21. The van der Waals surface area contributed by atoms with Gasteiger partial charge in [-0.15, -0.1) is 0 Å². The molecule has 2 aliphatic heterocycles. The lowest BCUT2D eigenvalue weighted by atomic mass is 9.84. The Morgan fingerprint density at radius 1 is 1.28 bits per heavy atom. The van der Waals surface area contributed by atoms with E-state index in [-0.39, 0.29) is 18.0 Å². The fourth-order valence-corrected chi connectivity index (χ4v) is 5.97. The number of fused-ring (bicyclic) bond motifs is 5. The summed E-state index contributed by atoms with van der Waals surface area (Å²) in [6, 6.07) is 3.44. The zero-order valence-corrected chi connectivity index (χ0v) is 18.4. The topological polar surface area (TPSA) is 73.6 Å². The number of hydrogen-bond donors (Lipinski definition) is 1. The van der Waals surface area contributed by atoms with Crippen molar-refractivity contribution < 1.29 is 19.0 Å². The molecule has 6 rings (SSSR count). The number of aliphatic hydroxyl groups excluding tert-OH is 1. The van der Waals surface area contributed by atoms with Gasteiger partial charge in [0, 0.05) is 35.3 Å². The highest BCUT2D eigenvalue weighted by atomic mass is 19.1. The third-order valence-corrected chi connectivity index (χ3v) is 7.76. The average Bonchev–Trinajstić information content (AvgIpc) is 3.17. The molecule has 1 aromatic carbocycles. The summed E-state index contributed by atoms with van der Waals surface area (Å²) < 4.78 is 27.7. The van der Waals surface area contributed by atoms with Crippen molar-refractivity contribution in [3.8, 4) is 11.4 Å². The van der Waals surface area contributed by atoms with Gasteiger partial charge in [-0.2, -0.15) is 0 Å². The first kappa shape index (κ1) is 20.0. The molecule has 0 radical (unpaired) electrons. The molecule has 6 nitrogen and oxygen atoms in total. The molecule has 4 heterocycles. The minimum Gasteiger partial charge on any atom is -0.368 e. The van der Waals surface area contributed by atoms with Gasteiger partial charge in [0.05, 0.1) is 30.1 Å². The first-order chi connectivity index (χ1) is 15.4. The molecule has 166 valence electrons. The molecule has 0 saturated carbocycles. The van der Waals surface area contributed by atoms with E-state index in [2.05, 4.69) is 0 Å². The molecule has 1 unspecified atom stereocenters. The first-order valence-corrected chi connectivity index (χ1v) is 11.2. The predicted molar refractivity (Wildman–Crippen MR) is 117 cm³/mol. The molecule has 0 saturated heterocycles. The second-order valence-electron chi connectivity index (χ2n) is 9.05. The molecular weight excluding hydrogens is 411 g/mol. The minimum atomic E-state index is -1.17. The molecule has 3 aliphatic rings. The summed E-state index contributed by atoms with van der Waals surface area (Å²) in [5.74, 6) is -0.238. The number of benzene rings is 1. The van der Waals surface area contributed by atoms with E-state index < -0.39 is 11.9 Å². The Labute approximate surface area is 184 Å². The first-order valence-electron chi connectivity index (χ1n) is 11.2. The van der Waals surface area contributed by atoms with Crippen molar-refractivity contribution in [2.45, 2.75) is 64.6 Å². The summed E-state index contributed by atoms with van der Waals surface area (Å²) in [5, 5.41) is 11.7. The zero-order valence-electron chi connectivity index (χ0n) is 18.4. The van der Waals surface area contributed by atoms with Crippen LogP contribution in [0, 0.1) is 12.7 Å². The molecule has 2 aromatic heterocycles. The number of aliphatic hydroxyl groups is 1. The van der Waals surface area contributed by atoms with Crippen molar-refractivity contribution in [3.63, 3.8) is 0 Å². The van der Waals surface area contributed by atoms with E-state index in [0.717, 1.165) is 41.5 Å². The highest BCUT2D eigenvalue weighted by molar-refractivity contribution is 5.92. The van der Waals surface area contributed by atoms with Crippen LogP contribution in [0.4, 0.5) is 4.39 Å². The van der Waals surface area contributed by atoms with Crippen molar-refractivity contribution in [1.29, 1.82) is 0 Å². The van der Waals surface area contributed by atoms with Crippen molar-refractivity contribution in [3.05, 3.63) is 61.7 Å². The van der Waals surface area contributed by atoms with E-state index in [4.69, 9.17) is 14.5 Å². The SMILES string of the molecule is CC[C@]1(OC)c2cc3n(c(=O)c2COC1O)Cc1c-3nc2cc(F)c(C)c3c2c1CCC3. The number of halogens is 1. The van der Waals surface area contributed by atoms with E-state index in [1.54, 1.807) is 4.57 Å². The summed E-state index contributed by atoms with van der Waals surface area (Å²) in [7, 11) is 1.52. The summed E-state index contributed by atoms with van der Waals surface area (Å²) >= 11 is 0. The van der Waals surface area contributed by atoms with Crippen LogP contribution in [0.3, 0.4) is 0 Å². The number of methoxy groups -OCH3 is 1. The summed E-state index contributed by atoms with van der Waals surface area (Å²) in [5.41, 5.74) is 5.93. The van der Waals surface area contributed by atoms with Gasteiger partial charge in [0.25, 0.3) is 5.56 Å². The Balaban J connectivity index is 1.67. The average molecular weight is 436 g/mol. The van der Waals surface area contributed by atoms with E-state index in [1.807, 2.05) is 19.9 Å². The van der Waals surface area contributed by atoms with Crippen LogP contribution in [0.15, 0.2) is 16.9 Å². The molecule has 0 spiro atoms. The monoisotopic (exact) mass is 436 g/mol. The second-order valence-corrected chi connectivity index (χ2v) is 9.05. The van der Waals surface area contributed by atoms with Gasteiger partial charge in [-0.1, -0.05) is 6.92 Å². The van der Waals surface area contributed by atoms with Gasteiger partial charge in [0.15, 0.2) is 6.29 Å². The molecule has 0 bridgehead atoms. The van der Waals surface area contributed by atoms with E-state index in [9.17, 15) is 14.3 Å². The smallest absolute Gasteiger partial charge is 0.257 e. The number of ether oxygens (including phenoxy) is 2. The molecule has 32 heavy (non-hydrogen) atoms. The zero-order chi connectivity index (χ0) is 22.4. The Kier molecular flexibility index (Phi) is 4.19. The Morgan fingerprint density at radius 2 is 2.06 bits per heavy atom. The fourth-order valence-electron chi connectivity index (χ4n) is 5.97. The predicted octanol–water partition coefficient (Wildman–Crippen LogP) is 3.46. The van der Waals surface area contributed by atoms with E-state index >= 15 is 0 Å². The minimum absolute atomic E-state index is 0.0356. The largest absolute Gasteiger partial charge is 0.368 e. The van der Waals surface area contributed by atoms with Gasteiger partial charge in [0.1, 0.15) is 11.4 Å². The van der Waals surface area contributed by atoms with Crippen molar-refractivity contribution in [1.82, 2.24) is 9.55 Å². The van der Waals surface area contributed by atoms with E-state index in [1.165, 1.54) is 18.7 Å². The molecule has 0 fully saturated rings. The number of hydrogen-bond acceptors (Lipinski definition) is 5. The molecule has 1 N–H and O–H groups in total. The van der Waals surface area contributed by atoms with Crippen LogP contribution in [0.5, 0.6) is 0 Å². The maximum atomic E-state index is 14.7. The van der Waals surface area contributed by atoms with Gasteiger partial charge in [-0.25, -0.2) is 9.37 Å². The van der Waals surface area contributed by atoms with Crippen LogP contribution in [0.2, 0.25) is 0 Å². The van der Waals surface area contributed by atoms with Gasteiger partial charge in [-0.05, 0) is 55.4 Å². The number of rotatable bonds is 2. The lowest BCUT2D eigenvalue weighted by molar-refractivity contribution is -0.247. The van der Waals surface area contributed by atoms with Crippen LogP contribution in [0.1, 0.15) is 53.1 Å². The number of pyridine rings is 2. The van der Waals surface area contributed by atoms with Crippen molar-refractivity contribution >= 4 is 10.9 Å². The Bertz CT molecular complexity index is 1370. The van der Waals surface area contributed by atoms with Gasteiger partial charge < -0.3 is 19.1 Å². The molecule has 1 aliphatic carbocycles. The number of aryl methyl sites for hydroxylation is 2. The normalized spacial score (nSPS) is 23.2. The summed E-state index contributed by atoms with van der Waals surface area (Å²) in [4.78, 5) is 18.4. The Hall–Kier alpha value is -2.61. The third-order valence-electron chi connectivity index (χ3n) is 7.76. The summed E-state index contributed by atoms with van der Waals surface area (Å²) in [6.07, 6.45) is 1.96. The van der Waals surface area contributed by atoms with Crippen LogP contribution in [-0.2, 0) is 41.1 Å². The highest BCUT2D eigenvalue weighted by Gasteiger charge is 2.46. The third kappa shape index (κ3) is 2.33. The molecule has 7 heteroatoms. The number of nitrogens with zero attached hydrogens (tertiary/aromatic N) is 2. The maximum Gasteiger partial charge on any atom is 0.257 e. The fraction of sp³-hybridized carbons (Fsp3) is 0.440. The maximum absolute atomic E-state index is 14.7. The molecule has 0 amide bonds. The van der Waals surface area contributed by atoms with Gasteiger partial charge >= 0.3 is 0 Å². The van der Waals surface area contributed by atoms with Crippen LogP contribution >= 0.6 is 0 Å². The lowest BCUT2D eigenvalue weighted by Crippen LogP contribution is -2.48. The quantitative estimate of drug-likeness (QED) is 0.521. The van der Waals surface area contributed by atoms with Gasteiger partial charge in [-0.3, -0.25) is 4.79 Å². The van der Waals surface area contributed by atoms with Crippen molar-refractivity contribution in [2.75, 3.05) is 7.11 Å². The van der Waals surface area contributed by atoms with Gasteiger partial charge in [0.2, 0.25) is 0 Å².